The third-order valence-corrected chi connectivity index (χ3v) is 4.84. The van der Waals surface area contributed by atoms with Gasteiger partial charge in [0, 0.05) is 19.2 Å². The number of ether oxygens (including phenoxy) is 1. The lowest BCUT2D eigenvalue weighted by atomic mass is 10.1. The third-order valence-electron chi connectivity index (χ3n) is 3.97. The number of nitrogens with zero attached hydrogens (tertiary/aromatic N) is 2. The van der Waals surface area contributed by atoms with E-state index in [1.807, 2.05) is 42.5 Å². The maximum atomic E-state index is 11.2. The Morgan fingerprint density at radius 3 is 2.65 bits per heavy atom. The first kappa shape index (κ1) is 18.0. The first-order valence-electron chi connectivity index (χ1n) is 8.44. The molecule has 0 aliphatic heterocycles. The second-order valence-corrected chi connectivity index (χ2v) is 6.79. The minimum Gasteiger partial charge on any atom is -0.494 e. The van der Waals surface area contributed by atoms with Gasteiger partial charge in [0.1, 0.15) is 18.2 Å². The van der Waals surface area contributed by atoms with E-state index in [0.717, 1.165) is 41.6 Å². The average molecular weight is 371 g/mol. The molecule has 26 heavy (non-hydrogen) atoms. The highest BCUT2D eigenvalue weighted by Gasteiger charge is 2.08. The van der Waals surface area contributed by atoms with Crippen LogP contribution in [0.15, 0.2) is 53.5 Å². The lowest BCUT2D eigenvalue weighted by Crippen LogP contribution is -2.28. The monoisotopic (exact) mass is 371 g/mol. The van der Waals surface area contributed by atoms with Gasteiger partial charge in [0.15, 0.2) is 0 Å². The van der Waals surface area contributed by atoms with Gasteiger partial charge in [-0.05, 0) is 36.8 Å². The zero-order valence-electron chi connectivity index (χ0n) is 14.5. The number of thiazole rings is 1. The number of anilines is 1. The Hall–Kier alpha value is -2.80. The van der Waals surface area contributed by atoms with Gasteiger partial charge in [-0.25, -0.2) is 4.98 Å². The molecule has 0 atom stereocenters. The molecular weight excluding hydrogens is 350 g/mol. The maximum Gasteiger partial charge on any atom is 0.307 e. The number of rotatable bonds is 8. The summed E-state index contributed by atoms with van der Waals surface area (Å²) in [5, 5.41) is 9.65. The predicted octanol–water partition coefficient (Wildman–Crippen LogP) is 3.03. The highest BCUT2D eigenvalue weighted by molar-refractivity contribution is 7.09. The molecule has 2 heterocycles. The molecule has 0 saturated heterocycles. The number of hydrogen-bond donors (Lipinski definition) is 2. The molecule has 0 bridgehead atoms. The van der Waals surface area contributed by atoms with Crippen molar-refractivity contribution in [1.29, 1.82) is 0 Å². The van der Waals surface area contributed by atoms with Gasteiger partial charge < -0.3 is 14.7 Å². The van der Waals surface area contributed by atoms with Gasteiger partial charge >= 0.3 is 4.87 Å². The molecule has 2 aromatic heterocycles. The molecule has 3 aromatic rings. The molecule has 0 aliphatic rings. The smallest absolute Gasteiger partial charge is 0.307 e. The van der Waals surface area contributed by atoms with Crippen LogP contribution in [0, 0.1) is 0 Å². The van der Waals surface area contributed by atoms with E-state index in [4.69, 9.17) is 4.74 Å². The van der Waals surface area contributed by atoms with Gasteiger partial charge in [-0.3, -0.25) is 9.78 Å². The molecular formula is C19H21N3O3S. The highest BCUT2D eigenvalue weighted by atomic mass is 32.1. The standard InChI is InChI=1S/C19H21N3O3S/c1-2-22(17-5-3-4-10-20-17)11-12-25-15-8-6-14(7-9-15)13-16-18(23)21-19(24)26-16/h3-10,23H,2,11-13H2,1H3,(H,21,24). The second-order valence-electron chi connectivity index (χ2n) is 5.72. The SMILES string of the molecule is CCN(CCOc1ccc(Cc2sc(=O)[nH]c2O)cc1)c1ccccn1. The van der Waals surface area contributed by atoms with Crippen LogP contribution in [0.4, 0.5) is 5.82 Å². The third kappa shape index (κ3) is 4.64. The van der Waals surface area contributed by atoms with Crippen LogP contribution in [0.1, 0.15) is 17.4 Å². The van der Waals surface area contributed by atoms with Crippen LogP contribution in [0.3, 0.4) is 0 Å². The fraction of sp³-hybridized carbons (Fsp3) is 0.263. The highest BCUT2D eigenvalue weighted by Crippen LogP contribution is 2.21. The first-order chi connectivity index (χ1) is 12.7. The zero-order chi connectivity index (χ0) is 18.4. The van der Waals surface area contributed by atoms with E-state index in [-0.39, 0.29) is 10.8 Å². The Morgan fingerprint density at radius 2 is 2.04 bits per heavy atom. The maximum absolute atomic E-state index is 11.2. The molecule has 6 nitrogen and oxygen atoms in total. The number of aromatic hydroxyl groups is 1. The molecule has 0 fully saturated rings. The largest absolute Gasteiger partial charge is 0.494 e. The van der Waals surface area contributed by atoms with E-state index in [1.165, 1.54) is 0 Å². The summed E-state index contributed by atoms with van der Waals surface area (Å²) in [6.45, 7) is 4.26. The Bertz CT molecular complexity index is 875. The Kier molecular flexibility index (Phi) is 5.91. The van der Waals surface area contributed by atoms with E-state index in [1.54, 1.807) is 6.20 Å². The summed E-state index contributed by atoms with van der Waals surface area (Å²) in [7, 11) is 0. The summed E-state index contributed by atoms with van der Waals surface area (Å²) >= 11 is 1.03. The van der Waals surface area contributed by atoms with Crippen LogP contribution in [0.2, 0.25) is 0 Å². The van der Waals surface area contributed by atoms with Gasteiger partial charge in [0.25, 0.3) is 0 Å². The molecule has 0 saturated carbocycles. The van der Waals surface area contributed by atoms with E-state index in [2.05, 4.69) is 21.8 Å². The predicted molar refractivity (Wildman–Crippen MR) is 103 cm³/mol. The normalized spacial score (nSPS) is 10.7. The van der Waals surface area contributed by atoms with E-state index < -0.39 is 0 Å². The lowest BCUT2D eigenvalue weighted by molar-refractivity contribution is 0.324. The quantitative estimate of drug-likeness (QED) is 0.636. The van der Waals surface area contributed by atoms with E-state index in [9.17, 15) is 9.90 Å². The van der Waals surface area contributed by atoms with E-state index >= 15 is 0 Å². The summed E-state index contributed by atoms with van der Waals surface area (Å²) in [6, 6.07) is 13.6. The Balaban J connectivity index is 1.53. The molecule has 3 rings (SSSR count). The molecule has 2 N–H and O–H groups in total. The van der Waals surface area contributed by atoms with Crippen molar-refractivity contribution in [1.82, 2.24) is 9.97 Å². The minimum atomic E-state index is -0.245. The number of aromatic amines is 1. The Morgan fingerprint density at radius 1 is 1.23 bits per heavy atom. The molecule has 7 heteroatoms. The van der Waals surface area contributed by atoms with Crippen molar-refractivity contribution in [2.45, 2.75) is 13.3 Å². The second kappa shape index (κ2) is 8.53. The van der Waals surface area contributed by atoms with Crippen LogP contribution in [0.25, 0.3) is 0 Å². The van der Waals surface area contributed by atoms with Crippen LogP contribution >= 0.6 is 11.3 Å². The average Bonchev–Trinajstić information content (AvgIpc) is 2.98. The number of H-pyrrole nitrogens is 1. The molecule has 0 aliphatic carbocycles. The van der Waals surface area contributed by atoms with Crippen LogP contribution in [0.5, 0.6) is 11.6 Å². The molecule has 0 unspecified atom stereocenters. The van der Waals surface area contributed by atoms with Crippen molar-refractivity contribution >= 4 is 17.2 Å². The lowest BCUT2D eigenvalue weighted by Gasteiger charge is -2.21. The first-order valence-corrected chi connectivity index (χ1v) is 9.26. The summed E-state index contributed by atoms with van der Waals surface area (Å²) in [4.78, 5) is 20.5. The van der Waals surface area contributed by atoms with Gasteiger partial charge in [-0.1, -0.05) is 29.5 Å². The van der Waals surface area contributed by atoms with Crippen molar-refractivity contribution in [2.75, 3.05) is 24.6 Å². The van der Waals surface area contributed by atoms with Crippen molar-refractivity contribution in [3.8, 4) is 11.6 Å². The number of nitrogens with one attached hydrogen (secondary N) is 1. The summed E-state index contributed by atoms with van der Waals surface area (Å²) in [5.41, 5.74) is 1.01. The number of benzene rings is 1. The fourth-order valence-electron chi connectivity index (χ4n) is 2.61. The van der Waals surface area contributed by atoms with Gasteiger partial charge in [-0.15, -0.1) is 0 Å². The van der Waals surface area contributed by atoms with Crippen LogP contribution in [-0.2, 0) is 6.42 Å². The minimum absolute atomic E-state index is 0.0468. The van der Waals surface area contributed by atoms with Gasteiger partial charge in [-0.2, -0.15) is 0 Å². The summed E-state index contributed by atoms with van der Waals surface area (Å²) in [6.07, 6.45) is 2.30. The Labute approximate surface area is 155 Å². The number of pyridine rings is 1. The number of hydrogen-bond acceptors (Lipinski definition) is 6. The molecule has 0 amide bonds. The van der Waals surface area contributed by atoms with Crippen molar-refractivity contribution in [2.24, 2.45) is 0 Å². The zero-order valence-corrected chi connectivity index (χ0v) is 15.3. The van der Waals surface area contributed by atoms with Crippen molar-refractivity contribution in [3.05, 3.63) is 68.8 Å². The van der Waals surface area contributed by atoms with Crippen LogP contribution in [-0.4, -0.2) is 34.8 Å². The summed E-state index contributed by atoms with van der Waals surface area (Å²) in [5.74, 6) is 1.69. The van der Waals surface area contributed by atoms with Crippen molar-refractivity contribution in [3.63, 3.8) is 0 Å². The molecule has 0 radical (unpaired) electrons. The van der Waals surface area contributed by atoms with Crippen molar-refractivity contribution < 1.29 is 9.84 Å². The van der Waals surface area contributed by atoms with Gasteiger partial charge in [0.05, 0.1) is 11.4 Å². The summed E-state index contributed by atoms with van der Waals surface area (Å²) < 4.78 is 5.82. The van der Waals surface area contributed by atoms with Gasteiger partial charge in [0.2, 0.25) is 5.88 Å². The molecule has 1 aromatic carbocycles. The molecule has 0 spiro atoms. The topological polar surface area (TPSA) is 78.5 Å². The van der Waals surface area contributed by atoms with E-state index in [0.29, 0.717) is 17.9 Å². The molecule has 136 valence electrons. The fourth-order valence-corrected chi connectivity index (χ4v) is 3.37. The van der Waals surface area contributed by atoms with Crippen LogP contribution < -0.4 is 14.5 Å². The number of likely N-dealkylation sites (N-methyl/N-ethyl adjacent to an activating group) is 1. The number of aromatic nitrogens is 2.